The second-order valence-corrected chi connectivity index (χ2v) is 5.29. The second kappa shape index (κ2) is 9.33. The summed E-state index contributed by atoms with van der Waals surface area (Å²) in [7, 11) is 5.92. The molecule has 0 spiro atoms. The van der Waals surface area contributed by atoms with Crippen LogP contribution in [0.3, 0.4) is 0 Å². The Morgan fingerprint density at radius 3 is 2.00 bits per heavy atom. The Kier molecular flexibility index (Phi) is 6.87. The number of carbonyl (C=O) groups is 2. The molecule has 0 saturated carbocycles. The van der Waals surface area contributed by atoms with Crippen LogP contribution in [0.1, 0.15) is 10.4 Å². The Balaban J connectivity index is 2.02. The van der Waals surface area contributed by atoms with Crippen molar-refractivity contribution in [1.82, 2.24) is 0 Å². The second-order valence-electron chi connectivity index (χ2n) is 5.29. The molecule has 144 valence electrons. The Hall–Kier alpha value is -3.42. The fourth-order valence-electron chi connectivity index (χ4n) is 2.26. The van der Waals surface area contributed by atoms with Gasteiger partial charge >= 0.3 is 5.97 Å². The molecule has 1 amide bonds. The first kappa shape index (κ1) is 19.9. The fraction of sp³-hybridized carbons (Fsp3) is 0.263. The molecule has 0 radical (unpaired) electrons. The van der Waals surface area contributed by atoms with Gasteiger partial charge in [-0.3, -0.25) is 4.79 Å². The zero-order valence-electron chi connectivity index (χ0n) is 15.5. The first-order valence-corrected chi connectivity index (χ1v) is 7.92. The Morgan fingerprint density at radius 2 is 1.44 bits per heavy atom. The van der Waals surface area contributed by atoms with Crippen LogP contribution in [-0.2, 0) is 9.53 Å². The SMILES string of the molecule is COc1cc(NC(=O)COC(=O)c2cc(OC)ccc2OC)cc(OC)c1. The summed E-state index contributed by atoms with van der Waals surface area (Å²) in [4.78, 5) is 24.4. The summed E-state index contributed by atoms with van der Waals surface area (Å²) < 4.78 is 25.6. The van der Waals surface area contributed by atoms with Crippen molar-refractivity contribution in [3.05, 3.63) is 42.0 Å². The van der Waals surface area contributed by atoms with Gasteiger partial charge < -0.3 is 29.0 Å². The van der Waals surface area contributed by atoms with Crippen molar-refractivity contribution < 1.29 is 33.3 Å². The zero-order valence-corrected chi connectivity index (χ0v) is 15.5. The highest BCUT2D eigenvalue weighted by Gasteiger charge is 2.17. The third kappa shape index (κ3) is 5.27. The van der Waals surface area contributed by atoms with Crippen LogP contribution in [0.2, 0.25) is 0 Å². The van der Waals surface area contributed by atoms with Gasteiger partial charge in [0, 0.05) is 23.9 Å². The maximum absolute atomic E-state index is 12.3. The van der Waals surface area contributed by atoms with E-state index < -0.39 is 18.5 Å². The number of carbonyl (C=O) groups excluding carboxylic acids is 2. The highest BCUT2D eigenvalue weighted by molar-refractivity contribution is 5.97. The number of hydrogen-bond acceptors (Lipinski definition) is 7. The molecule has 8 heteroatoms. The van der Waals surface area contributed by atoms with Crippen LogP contribution in [-0.4, -0.2) is 46.9 Å². The summed E-state index contributed by atoms with van der Waals surface area (Å²) in [5.74, 6) is 0.601. The van der Waals surface area contributed by atoms with Gasteiger partial charge in [0.1, 0.15) is 28.6 Å². The smallest absolute Gasteiger partial charge is 0.342 e. The van der Waals surface area contributed by atoms with E-state index in [9.17, 15) is 9.59 Å². The summed E-state index contributed by atoms with van der Waals surface area (Å²) in [6.45, 7) is -0.473. The van der Waals surface area contributed by atoms with Gasteiger partial charge in [-0.25, -0.2) is 4.79 Å². The molecule has 0 heterocycles. The van der Waals surface area contributed by atoms with Crippen LogP contribution in [0.4, 0.5) is 5.69 Å². The predicted octanol–water partition coefficient (Wildman–Crippen LogP) is 2.52. The summed E-state index contributed by atoms with van der Waals surface area (Å²) in [5, 5.41) is 2.62. The van der Waals surface area contributed by atoms with E-state index in [4.69, 9.17) is 23.7 Å². The Labute approximate surface area is 156 Å². The third-order valence-corrected chi connectivity index (χ3v) is 3.60. The molecule has 0 unspecified atom stereocenters. The van der Waals surface area contributed by atoms with E-state index >= 15 is 0 Å². The summed E-state index contributed by atoms with van der Waals surface area (Å²) >= 11 is 0. The van der Waals surface area contributed by atoms with E-state index in [-0.39, 0.29) is 5.56 Å². The monoisotopic (exact) mass is 375 g/mol. The quantitative estimate of drug-likeness (QED) is 0.709. The Bertz CT molecular complexity index is 797. The lowest BCUT2D eigenvalue weighted by molar-refractivity contribution is -0.119. The number of amides is 1. The number of anilines is 1. The van der Waals surface area contributed by atoms with Gasteiger partial charge in [0.05, 0.1) is 28.4 Å². The third-order valence-electron chi connectivity index (χ3n) is 3.60. The first-order valence-electron chi connectivity index (χ1n) is 7.92. The van der Waals surface area contributed by atoms with E-state index in [2.05, 4.69) is 5.32 Å². The van der Waals surface area contributed by atoms with Gasteiger partial charge in [-0.15, -0.1) is 0 Å². The fourth-order valence-corrected chi connectivity index (χ4v) is 2.26. The zero-order chi connectivity index (χ0) is 19.8. The van der Waals surface area contributed by atoms with E-state index in [0.29, 0.717) is 28.7 Å². The van der Waals surface area contributed by atoms with Crippen LogP contribution >= 0.6 is 0 Å². The van der Waals surface area contributed by atoms with Gasteiger partial charge in [-0.1, -0.05) is 0 Å². The van der Waals surface area contributed by atoms with Crippen molar-refractivity contribution in [2.24, 2.45) is 0 Å². The normalized spacial score (nSPS) is 9.93. The molecule has 2 aromatic carbocycles. The largest absolute Gasteiger partial charge is 0.497 e. The topological polar surface area (TPSA) is 92.3 Å². The van der Waals surface area contributed by atoms with Gasteiger partial charge in [0.15, 0.2) is 6.61 Å². The minimum Gasteiger partial charge on any atom is -0.497 e. The van der Waals surface area contributed by atoms with E-state index in [0.717, 1.165) is 0 Å². The average molecular weight is 375 g/mol. The van der Waals surface area contributed by atoms with Gasteiger partial charge in [0.2, 0.25) is 0 Å². The molecule has 0 fully saturated rings. The van der Waals surface area contributed by atoms with Crippen molar-refractivity contribution in [3.8, 4) is 23.0 Å². The molecule has 2 aromatic rings. The molecule has 2 rings (SSSR count). The van der Waals surface area contributed by atoms with Crippen LogP contribution in [0.5, 0.6) is 23.0 Å². The highest BCUT2D eigenvalue weighted by atomic mass is 16.5. The maximum atomic E-state index is 12.3. The first-order chi connectivity index (χ1) is 13.0. The molecule has 0 atom stereocenters. The van der Waals surface area contributed by atoms with Crippen molar-refractivity contribution in [1.29, 1.82) is 0 Å². The van der Waals surface area contributed by atoms with E-state index in [1.54, 1.807) is 30.3 Å². The van der Waals surface area contributed by atoms with Crippen LogP contribution in [0, 0.1) is 0 Å². The Morgan fingerprint density at radius 1 is 0.815 bits per heavy atom. The number of hydrogen-bond donors (Lipinski definition) is 1. The predicted molar refractivity (Wildman–Crippen MR) is 98.0 cm³/mol. The summed E-state index contributed by atoms with van der Waals surface area (Å²) in [6.07, 6.45) is 0. The molecule has 0 bridgehead atoms. The summed E-state index contributed by atoms with van der Waals surface area (Å²) in [6, 6.07) is 9.62. The minimum absolute atomic E-state index is 0.160. The van der Waals surface area contributed by atoms with E-state index in [1.807, 2.05) is 0 Å². The molecule has 0 saturated heterocycles. The number of rotatable bonds is 8. The number of esters is 1. The molecule has 1 N–H and O–H groups in total. The molecule has 0 aliphatic carbocycles. The molecule has 0 aromatic heterocycles. The van der Waals surface area contributed by atoms with Crippen LogP contribution in [0.25, 0.3) is 0 Å². The maximum Gasteiger partial charge on any atom is 0.342 e. The summed E-state index contributed by atoms with van der Waals surface area (Å²) in [5.41, 5.74) is 0.610. The molecule has 8 nitrogen and oxygen atoms in total. The lowest BCUT2D eigenvalue weighted by Gasteiger charge is -2.11. The number of benzene rings is 2. The van der Waals surface area contributed by atoms with Crippen molar-refractivity contribution in [2.45, 2.75) is 0 Å². The van der Waals surface area contributed by atoms with Crippen molar-refractivity contribution >= 4 is 17.6 Å². The van der Waals surface area contributed by atoms with Gasteiger partial charge in [-0.2, -0.15) is 0 Å². The minimum atomic E-state index is -0.705. The average Bonchev–Trinajstić information content (AvgIpc) is 2.70. The number of nitrogens with one attached hydrogen (secondary N) is 1. The highest BCUT2D eigenvalue weighted by Crippen LogP contribution is 2.26. The van der Waals surface area contributed by atoms with Crippen LogP contribution < -0.4 is 24.3 Å². The standard InChI is InChI=1S/C19H21NO7/c1-23-13-5-6-17(26-4)16(10-13)19(22)27-11-18(21)20-12-7-14(24-2)9-15(8-12)25-3/h5-10H,11H2,1-4H3,(H,20,21). The molecule has 27 heavy (non-hydrogen) atoms. The van der Waals surface area contributed by atoms with Gasteiger partial charge in [0.25, 0.3) is 5.91 Å². The van der Waals surface area contributed by atoms with E-state index in [1.165, 1.54) is 34.5 Å². The number of ether oxygens (including phenoxy) is 5. The lowest BCUT2D eigenvalue weighted by Crippen LogP contribution is -2.21. The van der Waals surface area contributed by atoms with Crippen molar-refractivity contribution in [2.75, 3.05) is 40.4 Å². The van der Waals surface area contributed by atoms with Gasteiger partial charge in [-0.05, 0) is 18.2 Å². The molecular formula is C19H21NO7. The molecule has 0 aliphatic rings. The van der Waals surface area contributed by atoms with Crippen molar-refractivity contribution in [3.63, 3.8) is 0 Å². The number of methoxy groups -OCH3 is 4. The van der Waals surface area contributed by atoms with Crippen LogP contribution in [0.15, 0.2) is 36.4 Å². The molecular weight excluding hydrogens is 354 g/mol. The lowest BCUT2D eigenvalue weighted by atomic mass is 10.2. The molecule has 0 aliphatic heterocycles.